The van der Waals surface area contributed by atoms with Crippen molar-refractivity contribution in [1.29, 1.82) is 0 Å². The quantitative estimate of drug-likeness (QED) is 0.609. The summed E-state index contributed by atoms with van der Waals surface area (Å²) in [5.41, 5.74) is 3.08. The van der Waals surface area contributed by atoms with Gasteiger partial charge in [0.1, 0.15) is 17.6 Å². The van der Waals surface area contributed by atoms with Gasteiger partial charge in [-0.3, -0.25) is 4.99 Å². The number of nitrogens with one attached hydrogen (secondary N) is 2. The summed E-state index contributed by atoms with van der Waals surface area (Å²) < 4.78 is 22.9. The monoisotopic (exact) mass is 397 g/mol. The summed E-state index contributed by atoms with van der Waals surface area (Å²) >= 11 is 0. The predicted octanol–water partition coefficient (Wildman–Crippen LogP) is 3.37. The Labute approximate surface area is 171 Å². The molecule has 7 heteroatoms. The lowest BCUT2D eigenvalue weighted by Gasteiger charge is -2.16. The minimum absolute atomic E-state index is 0.201. The van der Waals surface area contributed by atoms with Crippen LogP contribution in [0.2, 0.25) is 0 Å². The lowest BCUT2D eigenvalue weighted by molar-refractivity contribution is 0.254. The lowest BCUT2D eigenvalue weighted by atomic mass is 10.1. The summed E-state index contributed by atoms with van der Waals surface area (Å²) in [4.78, 5) is 4.32. The summed E-state index contributed by atoms with van der Waals surface area (Å²) in [6.45, 7) is 3.96. The van der Waals surface area contributed by atoms with Crippen LogP contribution in [0.4, 0.5) is 5.69 Å². The van der Waals surface area contributed by atoms with Crippen molar-refractivity contribution in [1.82, 2.24) is 5.32 Å². The molecule has 0 bridgehead atoms. The fraction of sp³-hybridized carbons (Fsp3) is 0.409. The standard InChI is InChI=1S/C22H27N3O4/c1-14-9-15-10-19(26-3)16(11-20(15)29-14)13-24-22(23-2)25-17-5-6-18-21(12-17)28-8-4-7-27-18/h5-6,10-12,14H,4,7-9,13H2,1-3H3,(H2,23,24,25). The molecular formula is C22H27N3O4. The van der Waals surface area contributed by atoms with Gasteiger partial charge in [-0.1, -0.05) is 0 Å². The molecule has 154 valence electrons. The van der Waals surface area contributed by atoms with Crippen LogP contribution in [0.3, 0.4) is 0 Å². The molecule has 0 fully saturated rings. The zero-order chi connectivity index (χ0) is 20.2. The fourth-order valence-electron chi connectivity index (χ4n) is 3.55. The van der Waals surface area contributed by atoms with Gasteiger partial charge in [0.25, 0.3) is 0 Å². The van der Waals surface area contributed by atoms with E-state index in [9.17, 15) is 0 Å². The lowest BCUT2D eigenvalue weighted by Crippen LogP contribution is -2.30. The number of rotatable bonds is 4. The Bertz CT molecular complexity index is 913. The van der Waals surface area contributed by atoms with Gasteiger partial charge in [-0.25, -0.2) is 0 Å². The van der Waals surface area contributed by atoms with Crippen molar-refractivity contribution in [3.8, 4) is 23.0 Å². The molecule has 7 nitrogen and oxygen atoms in total. The highest BCUT2D eigenvalue weighted by Crippen LogP contribution is 2.35. The summed E-state index contributed by atoms with van der Waals surface area (Å²) in [7, 11) is 3.43. The molecule has 0 radical (unpaired) electrons. The maximum atomic E-state index is 5.88. The maximum Gasteiger partial charge on any atom is 0.195 e. The number of methoxy groups -OCH3 is 1. The molecule has 0 saturated heterocycles. The van der Waals surface area contributed by atoms with Crippen LogP contribution in [-0.2, 0) is 13.0 Å². The highest BCUT2D eigenvalue weighted by atomic mass is 16.5. The van der Waals surface area contributed by atoms with Gasteiger partial charge in [-0.15, -0.1) is 0 Å². The van der Waals surface area contributed by atoms with Crippen LogP contribution in [0.1, 0.15) is 24.5 Å². The largest absolute Gasteiger partial charge is 0.496 e. The minimum atomic E-state index is 0.201. The molecule has 1 atom stereocenters. The third-order valence-electron chi connectivity index (χ3n) is 4.98. The van der Waals surface area contributed by atoms with Crippen molar-refractivity contribution >= 4 is 11.6 Å². The van der Waals surface area contributed by atoms with Crippen LogP contribution in [0.5, 0.6) is 23.0 Å². The minimum Gasteiger partial charge on any atom is -0.496 e. The van der Waals surface area contributed by atoms with Crippen LogP contribution in [0.25, 0.3) is 0 Å². The average Bonchev–Trinajstić information content (AvgIpc) is 2.93. The Balaban J connectivity index is 1.44. The summed E-state index contributed by atoms with van der Waals surface area (Å²) in [6.07, 6.45) is 1.99. The summed E-state index contributed by atoms with van der Waals surface area (Å²) in [5, 5.41) is 6.63. The molecule has 0 amide bonds. The van der Waals surface area contributed by atoms with Crippen LogP contribution in [-0.4, -0.2) is 39.4 Å². The third kappa shape index (κ3) is 4.34. The van der Waals surface area contributed by atoms with E-state index in [1.807, 2.05) is 24.3 Å². The zero-order valence-electron chi connectivity index (χ0n) is 17.1. The van der Waals surface area contributed by atoms with E-state index in [1.54, 1.807) is 14.2 Å². The second kappa shape index (κ2) is 8.51. The molecule has 2 aliphatic rings. The first kappa shape index (κ1) is 19.2. The summed E-state index contributed by atoms with van der Waals surface area (Å²) in [5.74, 6) is 3.94. The molecule has 2 heterocycles. The van der Waals surface area contributed by atoms with Gasteiger partial charge in [-0.2, -0.15) is 0 Å². The molecule has 1 unspecified atom stereocenters. The summed E-state index contributed by atoms with van der Waals surface area (Å²) in [6, 6.07) is 9.91. The maximum absolute atomic E-state index is 5.88. The molecule has 2 aromatic carbocycles. The van der Waals surface area contributed by atoms with E-state index in [4.69, 9.17) is 18.9 Å². The molecule has 2 aromatic rings. The molecule has 0 spiro atoms. The molecule has 2 N–H and O–H groups in total. The number of benzene rings is 2. The number of anilines is 1. The Hall–Kier alpha value is -3.09. The van der Waals surface area contributed by atoms with E-state index in [0.717, 1.165) is 47.1 Å². The van der Waals surface area contributed by atoms with E-state index in [2.05, 4.69) is 28.6 Å². The number of fused-ring (bicyclic) bond motifs is 2. The number of hydrogen-bond donors (Lipinski definition) is 2. The molecule has 0 saturated carbocycles. The van der Waals surface area contributed by atoms with Crippen LogP contribution < -0.4 is 29.6 Å². The Morgan fingerprint density at radius 3 is 2.76 bits per heavy atom. The molecule has 0 aromatic heterocycles. The number of nitrogens with zero attached hydrogens (tertiary/aromatic N) is 1. The highest BCUT2D eigenvalue weighted by Gasteiger charge is 2.21. The van der Waals surface area contributed by atoms with E-state index in [0.29, 0.717) is 25.7 Å². The van der Waals surface area contributed by atoms with Gasteiger partial charge in [0.15, 0.2) is 17.5 Å². The van der Waals surface area contributed by atoms with Crippen molar-refractivity contribution < 1.29 is 18.9 Å². The van der Waals surface area contributed by atoms with Gasteiger partial charge in [-0.05, 0) is 31.2 Å². The van der Waals surface area contributed by atoms with Gasteiger partial charge in [0.2, 0.25) is 0 Å². The van der Waals surface area contributed by atoms with Crippen LogP contribution in [0.15, 0.2) is 35.3 Å². The van der Waals surface area contributed by atoms with Crippen molar-refractivity contribution in [3.63, 3.8) is 0 Å². The molecule has 2 aliphatic heterocycles. The first-order valence-electron chi connectivity index (χ1n) is 9.90. The van der Waals surface area contributed by atoms with E-state index < -0.39 is 0 Å². The first-order chi connectivity index (χ1) is 14.2. The first-order valence-corrected chi connectivity index (χ1v) is 9.90. The van der Waals surface area contributed by atoms with Crippen molar-refractivity contribution in [2.45, 2.75) is 32.4 Å². The molecule has 4 rings (SSSR count). The number of hydrogen-bond acceptors (Lipinski definition) is 5. The van der Waals surface area contributed by atoms with Crippen molar-refractivity contribution in [3.05, 3.63) is 41.5 Å². The third-order valence-corrected chi connectivity index (χ3v) is 4.98. The number of guanidine groups is 1. The van der Waals surface area contributed by atoms with E-state index >= 15 is 0 Å². The topological polar surface area (TPSA) is 73.3 Å². The molecule has 29 heavy (non-hydrogen) atoms. The predicted molar refractivity (Wildman–Crippen MR) is 113 cm³/mol. The Morgan fingerprint density at radius 2 is 1.97 bits per heavy atom. The number of ether oxygens (including phenoxy) is 4. The average molecular weight is 397 g/mol. The van der Waals surface area contributed by atoms with Gasteiger partial charge < -0.3 is 29.6 Å². The van der Waals surface area contributed by atoms with Gasteiger partial charge >= 0.3 is 0 Å². The number of aliphatic imine (C=N–C) groups is 1. The van der Waals surface area contributed by atoms with E-state index in [1.165, 1.54) is 5.56 Å². The zero-order valence-corrected chi connectivity index (χ0v) is 17.1. The van der Waals surface area contributed by atoms with Crippen molar-refractivity contribution in [2.24, 2.45) is 4.99 Å². The highest BCUT2D eigenvalue weighted by molar-refractivity contribution is 5.93. The SMILES string of the molecule is CN=C(NCc1cc2c(cc1OC)CC(C)O2)Nc1ccc2c(c1)OCCCO2. The normalized spacial score (nSPS) is 17.8. The second-order valence-corrected chi connectivity index (χ2v) is 7.17. The molecular weight excluding hydrogens is 370 g/mol. The Morgan fingerprint density at radius 1 is 1.14 bits per heavy atom. The van der Waals surface area contributed by atoms with E-state index in [-0.39, 0.29) is 6.10 Å². The molecule has 0 aliphatic carbocycles. The van der Waals surface area contributed by atoms with Crippen LogP contribution >= 0.6 is 0 Å². The smallest absolute Gasteiger partial charge is 0.195 e. The van der Waals surface area contributed by atoms with Crippen molar-refractivity contribution in [2.75, 3.05) is 32.7 Å². The van der Waals surface area contributed by atoms with Crippen LogP contribution in [0, 0.1) is 0 Å². The van der Waals surface area contributed by atoms with Gasteiger partial charge in [0.05, 0.1) is 20.3 Å². The second-order valence-electron chi connectivity index (χ2n) is 7.17. The van der Waals surface area contributed by atoms with Gasteiger partial charge in [0, 0.05) is 49.3 Å². The fourth-order valence-corrected chi connectivity index (χ4v) is 3.55. The Kier molecular flexibility index (Phi) is 5.64.